The summed E-state index contributed by atoms with van der Waals surface area (Å²) in [5.41, 5.74) is 1.42. The van der Waals surface area contributed by atoms with E-state index in [2.05, 4.69) is 48.1 Å². The fraction of sp³-hybridized carbons (Fsp3) is 0.932. The highest BCUT2D eigenvalue weighted by Gasteiger charge is 2.67. The first-order valence-electron chi connectivity index (χ1n) is 20.9. The molecule has 0 bridgehead atoms. The van der Waals surface area contributed by atoms with E-state index >= 15 is 8.78 Å². The molecule has 11 atom stereocenters. The van der Waals surface area contributed by atoms with Crippen LogP contribution in [0, 0.1) is 63.6 Å². The first-order valence-corrected chi connectivity index (χ1v) is 20.9. The largest absolute Gasteiger partial charge is 0.481 e. The minimum absolute atomic E-state index is 0.0696. The van der Waals surface area contributed by atoms with Crippen LogP contribution in [0.1, 0.15) is 178 Å². The second kappa shape index (κ2) is 19.3. The van der Waals surface area contributed by atoms with E-state index in [4.69, 9.17) is 5.11 Å². The Kier molecular flexibility index (Phi) is 17.4. The zero-order valence-electron chi connectivity index (χ0n) is 34.0. The van der Waals surface area contributed by atoms with Gasteiger partial charge in [-0.25, -0.2) is 13.2 Å². The summed E-state index contributed by atoms with van der Waals surface area (Å²) >= 11 is 0. The van der Waals surface area contributed by atoms with Crippen LogP contribution in [0.3, 0.4) is 0 Å². The first-order chi connectivity index (χ1) is 23.5. The molecule has 2 nitrogen and oxygen atoms in total. The fourth-order valence-corrected chi connectivity index (χ4v) is 12.2. The Bertz CT molecular complexity index is 1040. The third-order valence-electron chi connectivity index (χ3n) is 15.0. The Morgan fingerprint density at radius 3 is 2.04 bits per heavy atom. The molecule has 0 aromatic carbocycles. The van der Waals surface area contributed by atoms with Gasteiger partial charge in [-0.1, -0.05) is 67.9 Å². The third-order valence-corrected chi connectivity index (χ3v) is 15.0. The number of halogens is 4. The Labute approximate surface area is 305 Å². The molecule has 6 heteroatoms. The van der Waals surface area contributed by atoms with Gasteiger partial charge in [0.1, 0.15) is 6.17 Å². The second-order valence-corrected chi connectivity index (χ2v) is 17.9. The number of aliphatic carboxylic acids is 1. The Morgan fingerprint density at radius 1 is 0.840 bits per heavy atom. The van der Waals surface area contributed by atoms with Crippen molar-refractivity contribution in [3.05, 3.63) is 12.2 Å². The summed E-state index contributed by atoms with van der Waals surface area (Å²) in [7, 11) is 0. The molecule has 0 aliphatic heterocycles. The number of fused-ring (bicyclic) bond motifs is 5. The van der Waals surface area contributed by atoms with E-state index in [1.165, 1.54) is 12.0 Å². The van der Waals surface area contributed by atoms with Gasteiger partial charge in [-0.3, -0.25) is 9.18 Å². The summed E-state index contributed by atoms with van der Waals surface area (Å²) in [6, 6.07) is 0. The molecular formula is C44H78F4O2. The summed E-state index contributed by atoms with van der Waals surface area (Å²) in [5.74, 6) is -1.47. The Morgan fingerprint density at radius 2 is 1.44 bits per heavy atom. The molecule has 11 unspecified atom stereocenters. The molecule has 5 aliphatic carbocycles. The number of carboxylic acids is 1. The van der Waals surface area contributed by atoms with E-state index in [0.717, 1.165) is 70.6 Å². The number of carboxylic acid groups (broad SMARTS) is 1. The van der Waals surface area contributed by atoms with E-state index < -0.39 is 24.0 Å². The van der Waals surface area contributed by atoms with Crippen molar-refractivity contribution in [3.63, 3.8) is 0 Å². The lowest BCUT2D eigenvalue weighted by Crippen LogP contribution is -2.60. The van der Waals surface area contributed by atoms with Crippen LogP contribution in [-0.4, -0.2) is 29.8 Å². The minimum atomic E-state index is -2.62. The van der Waals surface area contributed by atoms with Crippen molar-refractivity contribution in [1.29, 1.82) is 0 Å². The van der Waals surface area contributed by atoms with Crippen molar-refractivity contribution in [2.24, 2.45) is 63.6 Å². The molecule has 5 rings (SSSR count). The van der Waals surface area contributed by atoms with Gasteiger partial charge in [0.2, 0.25) is 0 Å². The predicted molar refractivity (Wildman–Crippen MR) is 203 cm³/mol. The Balaban J connectivity index is 0.000000342. The van der Waals surface area contributed by atoms with Gasteiger partial charge in [-0.15, -0.1) is 6.58 Å². The van der Waals surface area contributed by atoms with Crippen LogP contribution >= 0.6 is 0 Å². The van der Waals surface area contributed by atoms with Gasteiger partial charge in [-0.2, -0.15) is 0 Å². The molecule has 0 amide bonds. The zero-order chi connectivity index (χ0) is 38.1. The van der Waals surface area contributed by atoms with Crippen molar-refractivity contribution >= 4 is 5.97 Å². The van der Waals surface area contributed by atoms with Gasteiger partial charge in [0, 0.05) is 18.8 Å². The fourth-order valence-electron chi connectivity index (χ4n) is 12.2. The molecule has 5 fully saturated rings. The number of carbonyl (C=O) groups is 1. The number of allylic oxidation sites excluding steroid dienone is 1. The van der Waals surface area contributed by atoms with Gasteiger partial charge < -0.3 is 5.11 Å². The molecular weight excluding hydrogens is 636 g/mol. The van der Waals surface area contributed by atoms with Gasteiger partial charge >= 0.3 is 5.97 Å². The number of rotatable bonds is 11. The van der Waals surface area contributed by atoms with Crippen LogP contribution in [0.4, 0.5) is 17.6 Å². The molecule has 0 aromatic heterocycles. The maximum absolute atomic E-state index is 15.6. The van der Waals surface area contributed by atoms with Crippen molar-refractivity contribution in [1.82, 2.24) is 0 Å². The maximum Gasteiger partial charge on any atom is 0.303 e. The van der Waals surface area contributed by atoms with Gasteiger partial charge in [0.05, 0.1) is 6.67 Å². The molecule has 0 radical (unpaired) electrons. The van der Waals surface area contributed by atoms with Crippen LogP contribution in [-0.2, 0) is 4.79 Å². The first kappa shape index (κ1) is 45.1. The van der Waals surface area contributed by atoms with Gasteiger partial charge in [-0.05, 0) is 161 Å². The summed E-state index contributed by atoms with van der Waals surface area (Å²) < 4.78 is 57.7. The van der Waals surface area contributed by atoms with Gasteiger partial charge in [0.25, 0.3) is 5.92 Å². The van der Waals surface area contributed by atoms with E-state index in [1.54, 1.807) is 0 Å². The molecule has 0 spiro atoms. The lowest BCUT2D eigenvalue weighted by atomic mass is 9.43. The topological polar surface area (TPSA) is 37.3 Å². The molecule has 1 N–H and O–H groups in total. The molecule has 5 saturated carbocycles. The molecule has 294 valence electrons. The average molecular weight is 715 g/mol. The normalized spacial score (nSPS) is 38.3. The van der Waals surface area contributed by atoms with Crippen molar-refractivity contribution in [3.8, 4) is 0 Å². The van der Waals surface area contributed by atoms with Crippen LogP contribution in [0.2, 0.25) is 0 Å². The predicted octanol–water partition coefficient (Wildman–Crippen LogP) is 14.3. The smallest absolute Gasteiger partial charge is 0.303 e. The SMILES string of the molecule is C=C(C)CCCC1CCC2C3C(CCC12C)C1(C)CCC(F)CC1CC3(F)F.CC.CC.CC(CCCC(=O)O)C1CCC(CCF)C1(C)C. The quantitative estimate of drug-likeness (QED) is 0.171. The maximum atomic E-state index is 15.6. The summed E-state index contributed by atoms with van der Waals surface area (Å²) in [6.07, 6.45) is 13.3. The van der Waals surface area contributed by atoms with E-state index in [9.17, 15) is 13.6 Å². The number of hydrogen-bond donors (Lipinski definition) is 1. The molecule has 0 aromatic rings. The average Bonchev–Trinajstić information content (AvgIpc) is 3.54. The standard InChI is InChI=1S/C25H39F3.C15H27FO2.2C2H6/c1-16(2)6-5-7-17-8-9-20-22-21(11-13-23(17,20)3)24(4)12-10-19(26)14-18(24)15-25(22,27)28;1-11(5-4-6-14(17)18)13-8-7-12(9-10-16)15(13,2)3;2*1-2/h17-22H,1,5-15H2,2-4H3;11-13H,4-10H2,1-3H3,(H,17,18);2*1-2H3. The minimum Gasteiger partial charge on any atom is -0.481 e. The van der Waals surface area contributed by atoms with Crippen LogP contribution in [0.25, 0.3) is 0 Å². The van der Waals surface area contributed by atoms with Gasteiger partial charge in [0.15, 0.2) is 0 Å². The number of alkyl halides is 4. The molecule has 0 heterocycles. The summed E-state index contributed by atoms with van der Waals surface area (Å²) in [6.45, 7) is 25.2. The zero-order valence-corrected chi connectivity index (χ0v) is 34.0. The molecule has 0 saturated heterocycles. The highest BCUT2D eigenvalue weighted by Crippen LogP contribution is 2.71. The Hall–Kier alpha value is -1.07. The lowest BCUT2D eigenvalue weighted by molar-refractivity contribution is -0.235. The van der Waals surface area contributed by atoms with Crippen LogP contribution in [0.15, 0.2) is 12.2 Å². The van der Waals surface area contributed by atoms with Crippen molar-refractivity contribution in [2.45, 2.75) is 190 Å². The molecule has 50 heavy (non-hydrogen) atoms. The van der Waals surface area contributed by atoms with E-state index in [1.807, 2.05) is 27.7 Å². The highest BCUT2D eigenvalue weighted by molar-refractivity contribution is 5.66. The summed E-state index contributed by atoms with van der Waals surface area (Å²) in [5, 5.41) is 8.66. The second-order valence-electron chi connectivity index (χ2n) is 17.9. The van der Waals surface area contributed by atoms with Crippen molar-refractivity contribution < 1.29 is 27.5 Å². The van der Waals surface area contributed by atoms with E-state index in [0.29, 0.717) is 42.9 Å². The van der Waals surface area contributed by atoms with E-state index in [-0.39, 0.29) is 53.5 Å². The highest BCUT2D eigenvalue weighted by atomic mass is 19.3. The van der Waals surface area contributed by atoms with Crippen LogP contribution < -0.4 is 0 Å². The third kappa shape index (κ3) is 10.1. The monoisotopic (exact) mass is 715 g/mol. The van der Waals surface area contributed by atoms with Crippen LogP contribution in [0.5, 0.6) is 0 Å². The summed E-state index contributed by atoms with van der Waals surface area (Å²) in [4.78, 5) is 10.5. The lowest BCUT2D eigenvalue weighted by Gasteiger charge is -2.62. The molecule has 5 aliphatic rings. The number of hydrogen-bond acceptors (Lipinski definition) is 1. The van der Waals surface area contributed by atoms with Crippen molar-refractivity contribution in [2.75, 3.05) is 6.67 Å².